The number of anilines is 1. The summed E-state index contributed by atoms with van der Waals surface area (Å²) in [5, 5.41) is 7.65. The minimum Gasteiger partial charge on any atom is -0.490 e. The largest absolute Gasteiger partial charge is 0.490 e. The van der Waals surface area contributed by atoms with Gasteiger partial charge in [-0.15, -0.1) is 0 Å². The third kappa shape index (κ3) is 5.04. The van der Waals surface area contributed by atoms with Crippen molar-refractivity contribution in [2.24, 2.45) is 0 Å². The highest BCUT2D eigenvalue weighted by Gasteiger charge is 2.20. The number of methoxy groups -OCH3 is 1. The highest BCUT2D eigenvalue weighted by atomic mass is 35.5. The average Bonchev–Trinajstić information content (AvgIpc) is 2.87. The Hall–Kier alpha value is -2.68. The molecule has 0 bridgehead atoms. The molecule has 0 saturated carbocycles. The maximum absolute atomic E-state index is 14.0. The molecule has 1 saturated heterocycles. The molecule has 2 aromatic heterocycles. The minimum atomic E-state index is -0.523. The van der Waals surface area contributed by atoms with Crippen LogP contribution in [0.1, 0.15) is 24.0 Å². The molecular weight excluding hydrogens is 457 g/mol. The van der Waals surface area contributed by atoms with Crippen molar-refractivity contribution in [3.05, 3.63) is 52.4 Å². The molecule has 0 unspecified atom stereocenters. The lowest BCUT2D eigenvalue weighted by molar-refractivity contribution is 0.199. The van der Waals surface area contributed by atoms with Gasteiger partial charge in [-0.1, -0.05) is 17.7 Å². The number of benzene rings is 1. The highest BCUT2D eigenvalue weighted by molar-refractivity contribution is 6.32. The molecular formula is C25H29ClFN5O2. The number of pyridine rings is 2. The first-order valence-electron chi connectivity index (χ1n) is 11.7. The average molecular weight is 486 g/mol. The summed E-state index contributed by atoms with van der Waals surface area (Å²) >= 11 is 6.45. The van der Waals surface area contributed by atoms with E-state index >= 15 is 0 Å². The number of nitrogens with zero attached hydrogens (tertiary/aromatic N) is 3. The zero-order chi connectivity index (χ0) is 23.5. The monoisotopic (exact) mass is 485 g/mol. The topological polar surface area (TPSA) is 71.5 Å². The van der Waals surface area contributed by atoms with Gasteiger partial charge in [-0.05, 0) is 50.0 Å². The Kier molecular flexibility index (Phi) is 6.99. The summed E-state index contributed by atoms with van der Waals surface area (Å²) in [5.41, 5.74) is 4.32. The number of halogens is 2. The van der Waals surface area contributed by atoms with Crippen LogP contribution in [0.2, 0.25) is 5.02 Å². The fraction of sp³-hybridized carbons (Fsp3) is 0.440. The Labute approximate surface area is 203 Å². The van der Waals surface area contributed by atoms with Crippen LogP contribution in [-0.4, -0.2) is 60.8 Å². The predicted octanol–water partition coefficient (Wildman–Crippen LogP) is 4.03. The molecule has 2 aliphatic heterocycles. The Morgan fingerprint density at radius 2 is 2.15 bits per heavy atom. The van der Waals surface area contributed by atoms with Gasteiger partial charge in [-0.2, -0.15) is 0 Å². The molecule has 1 fully saturated rings. The number of aromatic nitrogens is 2. The molecule has 2 aliphatic rings. The fourth-order valence-electron chi connectivity index (χ4n) is 4.67. The van der Waals surface area contributed by atoms with Crippen LogP contribution in [0, 0.1) is 5.82 Å². The van der Waals surface area contributed by atoms with Crippen LogP contribution in [0.5, 0.6) is 11.6 Å². The molecule has 9 heteroatoms. The lowest BCUT2D eigenvalue weighted by Gasteiger charge is -2.32. The Morgan fingerprint density at radius 3 is 2.97 bits per heavy atom. The lowest BCUT2D eigenvalue weighted by atomic mass is 10.0. The van der Waals surface area contributed by atoms with Gasteiger partial charge >= 0.3 is 0 Å². The second-order valence-electron chi connectivity index (χ2n) is 8.78. The van der Waals surface area contributed by atoms with Crippen LogP contribution in [0.25, 0.3) is 11.0 Å². The van der Waals surface area contributed by atoms with Gasteiger partial charge in [0.05, 0.1) is 28.9 Å². The molecule has 0 spiro atoms. The van der Waals surface area contributed by atoms with Crippen molar-refractivity contribution in [1.82, 2.24) is 20.2 Å². The summed E-state index contributed by atoms with van der Waals surface area (Å²) < 4.78 is 24.7. The first-order chi connectivity index (χ1) is 16.6. The highest BCUT2D eigenvalue weighted by Crippen LogP contribution is 2.29. The standard InChI is InChI=1S/C25H29ClFN5O2/c1-33-25-20(27)13-22-24(31-25)18(19(26)15-30-22)6-10-32-8-4-17(5-9-32)29-14-16-2-3-23-21(12-16)28-7-11-34-23/h2-3,12-13,15,17,28-29H,4-11,14H2,1H3. The zero-order valence-electron chi connectivity index (χ0n) is 19.2. The second kappa shape index (κ2) is 10.3. The summed E-state index contributed by atoms with van der Waals surface area (Å²) in [5.74, 6) is 0.376. The van der Waals surface area contributed by atoms with Gasteiger partial charge < -0.3 is 25.0 Å². The summed E-state index contributed by atoms with van der Waals surface area (Å²) in [4.78, 5) is 11.0. The Balaban J connectivity index is 1.14. The molecule has 34 heavy (non-hydrogen) atoms. The van der Waals surface area contributed by atoms with E-state index in [-0.39, 0.29) is 5.88 Å². The maximum Gasteiger partial charge on any atom is 0.250 e. The molecule has 7 nitrogen and oxygen atoms in total. The van der Waals surface area contributed by atoms with E-state index in [9.17, 15) is 4.39 Å². The van der Waals surface area contributed by atoms with Crippen molar-refractivity contribution in [3.63, 3.8) is 0 Å². The third-order valence-corrected chi connectivity index (χ3v) is 6.91. The van der Waals surface area contributed by atoms with Crippen molar-refractivity contribution >= 4 is 28.3 Å². The normalized spacial score (nSPS) is 16.7. The quantitative estimate of drug-likeness (QED) is 0.523. The van der Waals surface area contributed by atoms with Gasteiger partial charge in [0.25, 0.3) is 5.88 Å². The van der Waals surface area contributed by atoms with Gasteiger partial charge in [0.15, 0.2) is 5.82 Å². The van der Waals surface area contributed by atoms with E-state index in [1.54, 1.807) is 6.20 Å². The third-order valence-electron chi connectivity index (χ3n) is 6.59. The van der Waals surface area contributed by atoms with E-state index in [1.165, 1.54) is 18.7 Å². The van der Waals surface area contributed by atoms with Crippen LogP contribution in [0.15, 0.2) is 30.5 Å². The molecule has 1 aromatic carbocycles. The number of hydrogen-bond acceptors (Lipinski definition) is 7. The van der Waals surface area contributed by atoms with E-state index in [0.29, 0.717) is 22.1 Å². The fourth-order valence-corrected chi connectivity index (χ4v) is 4.90. The van der Waals surface area contributed by atoms with Gasteiger partial charge in [-0.25, -0.2) is 9.37 Å². The summed E-state index contributed by atoms with van der Waals surface area (Å²) in [6.07, 6.45) is 4.48. The molecule has 180 valence electrons. The van der Waals surface area contributed by atoms with Gasteiger partial charge in [0.2, 0.25) is 0 Å². The molecule has 3 aromatic rings. The Bertz CT molecular complexity index is 1170. The van der Waals surface area contributed by atoms with Crippen molar-refractivity contribution in [1.29, 1.82) is 0 Å². The number of nitrogens with one attached hydrogen (secondary N) is 2. The maximum atomic E-state index is 14.0. The summed E-state index contributed by atoms with van der Waals surface area (Å²) in [7, 11) is 1.41. The van der Waals surface area contributed by atoms with E-state index in [4.69, 9.17) is 21.1 Å². The van der Waals surface area contributed by atoms with Gasteiger partial charge in [0.1, 0.15) is 12.4 Å². The second-order valence-corrected chi connectivity index (χ2v) is 9.19. The van der Waals surface area contributed by atoms with E-state index in [1.807, 2.05) is 6.07 Å². The van der Waals surface area contributed by atoms with E-state index in [0.717, 1.165) is 75.6 Å². The van der Waals surface area contributed by atoms with Gasteiger partial charge in [0, 0.05) is 43.5 Å². The van der Waals surface area contributed by atoms with Crippen molar-refractivity contribution in [3.8, 4) is 11.6 Å². The van der Waals surface area contributed by atoms with Crippen LogP contribution in [-0.2, 0) is 13.0 Å². The molecule has 4 heterocycles. The molecule has 2 N–H and O–H groups in total. The first-order valence-corrected chi connectivity index (χ1v) is 12.1. The number of piperidine rings is 1. The number of ether oxygens (including phenoxy) is 2. The molecule has 0 radical (unpaired) electrons. The smallest absolute Gasteiger partial charge is 0.250 e. The number of hydrogen-bond donors (Lipinski definition) is 2. The number of likely N-dealkylation sites (tertiary alicyclic amines) is 1. The SMILES string of the molecule is COc1nc2c(CCN3CCC(NCc4ccc5c(c4)NCCO5)CC3)c(Cl)cnc2cc1F. The molecule has 0 atom stereocenters. The molecule has 5 rings (SSSR count). The van der Waals surface area contributed by atoms with E-state index in [2.05, 4.69) is 37.6 Å². The van der Waals surface area contributed by atoms with Crippen molar-refractivity contribution in [2.75, 3.05) is 45.2 Å². The van der Waals surface area contributed by atoms with Crippen molar-refractivity contribution < 1.29 is 13.9 Å². The molecule has 0 amide bonds. The first kappa shape index (κ1) is 23.1. The Morgan fingerprint density at radius 1 is 1.29 bits per heavy atom. The number of fused-ring (bicyclic) bond motifs is 2. The predicted molar refractivity (Wildman–Crippen MR) is 131 cm³/mol. The summed E-state index contributed by atoms with van der Waals surface area (Å²) in [6, 6.07) is 8.20. The summed E-state index contributed by atoms with van der Waals surface area (Å²) in [6.45, 7) is 5.32. The van der Waals surface area contributed by atoms with Crippen LogP contribution >= 0.6 is 11.6 Å². The van der Waals surface area contributed by atoms with Crippen LogP contribution < -0.4 is 20.1 Å². The lowest BCUT2D eigenvalue weighted by Crippen LogP contribution is -2.42. The van der Waals surface area contributed by atoms with E-state index < -0.39 is 5.82 Å². The number of rotatable bonds is 7. The van der Waals surface area contributed by atoms with Gasteiger partial charge in [-0.3, -0.25) is 4.98 Å². The zero-order valence-corrected chi connectivity index (χ0v) is 20.0. The minimum absolute atomic E-state index is 0.0352. The van der Waals surface area contributed by atoms with Crippen LogP contribution in [0.3, 0.4) is 0 Å². The van der Waals surface area contributed by atoms with Crippen LogP contribution in [0.4, 0.5) is 10.1 Å². The molecule has 0 aliphatic carbocycles. The van der Waals surface area contributed by atoms with Crippen molar-refractivity contribution in [2.45, 2.75) is 31.8 Å².